The second kappa shape index (κ2) is 6.18. The van der Waals surface area contributed by atoms with E-state index in [0.717, 1.165) is 48.6 Å². The van der Waals surface area contributed by atoms with Crippen molar-refractivity contribution in [3.63, 3.8) is 0 Å². The molecular formula is C16H20N4O. The lowest BCUT2D eigenvalue weighted by atomic mass is 10.0. The Labute approximate surface area is 123 Å². The number of hydrogen-bond donors (Lipinski definition) is 2. The van der Waals surface area contributed by atoms with E-state index in [2.05, 4.69) is 15.5 Å². The van der Waals surface area contributed by atoms with Crippen LogP contribution in [-0.2, 0) is 6.42 Å². The molecule has 1 aliphatic rings. The molecule has 1 aromatic carbocycles. The minimum Gasteiger partial charge on any atom is -0.348 e. The Morgan fingerprint density at radius 3 is 2.81 bits per heavy atom. The number of unbranched alkanes of at least 4 members (excludes halogenated alkanes) is 1. The van der Waals surface area contributed by atoms with E-state index in [1.807, 2.05) is 24.3 Å². The van der Waals surface area contributed by atoms with Crippen molar-refractivity contribution in [3.8, 4) is 0 Å². The van der Waals surface area contributed by atoms with Crippen LogP contribution in [0.2, 0.25) is 0 Å². The van der Waals surface area contributed by atoms with Crippen LogP contribution in [0.1, 0.15) is 41.7 Å². The molecule has 1 fully saturated rings. The predicted molar refractivity (Wildman–Crippen MR) is 82.0 cm³/mol. The Bertz CT molecular complexity index is 652. The first-order valence-corrected chi connectivity index (χ1v) is 7.55. The van der Waals surface area contributed by atoms with Crippen molar-refractivity contribution in [2.45, 2.75) is 38.1 Å². The van der Waals surface area contributed by atoms with Crippen LogP contribution in [0.5, 0.6) is 0 Å². The lowest BCUT2D eigenvalue weighted by Crippen LogP contribution is -2.28. The van der Waals surface area contributed by atoms with E-state index in [0.29, 0.717) is 18.3 Å². The smallest absolute Gasteiger partial charge is 0.272 e. The molecule has 1 aromatic heterocycles. The zero-order valence-corrected chi connectivity index (χ0v) is 12.0. The summed E-state index contributed by atoms with van der Waals surface area (Å²) in [5.74, 6) is -0.0986. The number of carbonyl (C=O) groups is 1. The highest BCUT2D eigenvalue weighted by atomic mass is 16.2. The van der Waals surface area contributed by atoms with E-state index >= 15 is 0 Å². The average molecular weight is 284 g/mol. The first kappa shape index (κ1) is 13.9. The highest BCUT2D eigenvalue weighted by Crippen LogP contribution is 2.23. The molecule has 1 heterocycles. The number of aryl methyl sites for hydroxylation is 1. The second-order valence-electron chi connectivity index (χ2n) is 5.54. The SMILES string of the molecule is NCCCCc1c(C(=O)NC2CC2)nnc2ccccc12. The van der Waals surface area contributed by atoms with E-state index in [1.54, 1.807) is 0 Å². The summed E-state index contributed by atoms with van der Waals surface area (Å²) < 4.78 is 0. The van der Waals surface area contributed by atoms with Gasteiger partial charge in [0.25, 0.3) is 5.91 Å². The van der Waals surface area contributed by atoms with Gasteiger partial charge in [0.15, 0.2) is 5.69 Å². The molecule has 1 amide bonds. The third-order valence-corrected chi connectivity index (χ3v) is 3.78. The predicted octanol–water partition coefficient (Wildman–Crippen LogP) is 1.80. The van der Waals surface area contributed by atoms with Gasteiger partial charge in [0.1, 0.15) is 0 Å². The van der Waals surface area contributed by atoms with Gasteiger partial charge in [0, 0.05) is 11.4 Å². The number of hydrogen-bond acceptors (Lipinski definition) is 4. The van der Waals surface area contributed by atoms with Gasteiger partial charge in [-0.2, -0.15) is 0 Å². The minimum absolute atomic E-state index is 0.0986. The summed E-state index contributed by atoms with van der Waals surface area (Å²) >= 11 is 0. The van der Waals surface area contributed by atoms with Crippen molar-refractivity contribution in [1.29, 1.82) is 0 Å². The molecule has 0 atom stereocenters. The fraction of sp³-hybridized carbons (Fsp3) is 0.438. The number of nitrogens with zero attached hydrogens (tertiary/aromatic N) is 2. The van der Waals surface area contributed by atoms with Gasteiger partial charge in [-0.3, -0.25) is 4.79 Å². The largest absolute Gasteiger partial charge is 0.348 e. The molecule has 5 nitrogen and oxygen atoms in total. The van der Waals surface area contributed by atoms with Crippen LogP contribution in [0.3, 0.4) is 0 Å². The monoisotopic (exact) mass is 284 g/mol. The third-order valence-electron chi connectivity index (χ3n) is 3.78. The van der Waals surface area contributed by atoms with E-state index in [4.69, 9.17) is 5.73 Å². The van der Waals surface area contributed by atoms with Gasteiger partial charge >= 0.3 is 0 Å². The van der Waals surface area contributed by atoms with Gasteiger partial charge in [-0.05, 0) is 50.3 Å². The fourth-order valence-corrected chi connectivity index (χ4v) is 2.47. The average Bonchev–Trinajstić information content (AvgIpc) is 3.31. The summed E-state index contributed by atoms with van der Waals surface area (Å²) in [6.45, 7) is 0.667. The molecule has 3 rings (SSSR count). The summed E-state index contributed by atoms with van der Waals surface area (Å²) in [5, 5.41) is 12.4. The van der Waals surface area contributed by atoms with Gasteiger partial charge in [-0.25, -0.2) is 0 Å². The molecule has 0 spiro atoms. The highest BCUT2D eigenvalue weighted by Gasteiger charge is 2.26. The van der Waals surface area contributed by atoms with Gasteiger partial charge in [0.2, 0.25) is 0 Å². The number of rotatable bonds is 6. The lowest BCUT2D eigenvalue weighted by molar-refractivity contribution is 0.0944. The van der Waals surface area contributed by atoms with Crippen molar-refractivity contribution >= 4 is 16.8 Å². The standard InChI is InChI=1S/C16H20N4O/c17-10-4-3-6-13-12-5-1-2-7-14(12)19-20-15(13)16(21)18-11-8-9-11/h1-2,5,7,11H,3-4,6,8-10,17H2,(H,18,21). The van der Waals surface area contributed by atoms with Crippen molar-refractivity contribution in [2.75, 3.05) is 6.54 Å². The topological polar surface area (TPSA) is 80.9 Å². The fourth-order valence-electron chi connectivity index (χ4n) is 2.47. The molecule has 0 radical (unpaired) electrons. The number of amides is 1. The maximum atomic E-state index is 12.4. The van der Waals surface area contributed by atoms with Crippen LogP contribution in [0, 0.1) is 0 Å². The van der Waals surface area contributed by atoms with Crippen LogP contribution >= 0.6 is 0 Å². The summed E-state index contributed by atoms with van der Waals surface area (Å²) in [7, 11) is 0. The van der Waals surface area contributed by atoms with Crippen LogP contribution < -0.4 is 11.1 Å². The van der Waals surface area contributed by atoms with E-state index in [-0.39, 0.29) is 5.91 Å². The van der Waals surface area contributed by atoms with Crippen molar-refractivity contribution in [3.05, 3.63) is 35.5 Å². The number of nitrogens with one attached hydrogen (secondary N) is 1. The number of nitrogens with two attached hydrogens (primary N) is 1. The Morgan fingerprint density at radius 1 is 1.24 bits per heavy atom. The molecule has 3 N–H and O–H groups in total. The summed E-state index contributed by atoms with van der Waals surface area (Å²) in [6.07, 6.45) is 4.83. The number of fused-ring (bicyclic) bond motifs is 1. The summed E-state index contributed by atoms with van der Waals surface area (Å²) in [4.78, 5) is 12.4. The highest BCUT2D eigenvalue weighted by molar-refractivity contribution is 5.98. The molecule has 5 heteroatoms. The number of benzene rings is 1. The van der Waals surface area contributed by atoms with Gasteiger partial charge < -0.3 is 11.1 Å². The number of carbonyl (C=O) groups excluding carboxylic acids is 1. The Hall–Kier alpha value is -2.01. The van der Waals surface area contributed by atoms with Gasteiger partial charge in [0.05, 0.1) is 5.52 Å². The zero-order valence-electron chi connectivity index (χ0n) is 12.0. The van der Waals surface area contributed by atoms with Crippen molar-refractivity contribution < 1.29 is 4.79 Å². The summed E-state index contributed by atoms with van der Waals surface area (Å²) in [6, 6.07) is 8.17. The minimum atomic E-state index is -0.0986. The molecular weight excluding hydrogens is 264 g/mol. The van der Waals surface area contributed by atoms with Gasteiger partial charge in [-0.15, -0.1) is 10.2 Å². The van der Waals surface area contributed by atoms with E-state index in [1.165, 1.54) is 0 Å². The van der Waals surface area contributed by atoms with Crippen LogP contribution in [0.25, 0.3) is 10.9 Å². The van der Waals surface area contributed by atoms with Crippen LogP contribution in [0.15, 0.2) is 24.3 Å². The molecule has 0 unspecified atom stereocenters. The molecule has 0 saturated heterocycles. The zero-order chi connectivity index (χ0) is 14.7. The molecule has 110 valence electrons. The molecule has 1 saturated carbocycles. The Kier molecular flexibility index (Phi) is 4.10. The first-order chi connectivity index (χ1) is 10.3. The van der Waals surface area contributed by atoms with Gasteiger partial charge in [-0.1, -0.05) is 18.2 Å². The molecule has 0 bridgehead atoms. The second-order valence-corrected chi connectivity index (χ2v) is 5.54. The quantitative estimate of drug-likeness (QED) is 0.793. The van der Waals surface area contributed by atoms with E-state index in [9.17, 15) is 4.79 Å². The van der Waals surface area contributed by atoms with Crippen molar-refractivity contribution in [2.24, 2.45) is 5.73 Å². The van der Waals surface area contributed by atoms with Crippen LogP contribution in [0.4, 0.5) is 0 Å². The number of aromatic nitrogens is 2. The van der Waals surface area contributed by atoms with Crippen LogP contribution in [-0.4, -0.2) is 28.7 Å². The normalized spacial score (nSPS) is 14.3. The Morgan fingerprint density at radius 2 is 2.05 bits per heavy atom. The lowest BCUT2D eigenvalue weighted by Gasteiger charge is -2.11. The van der Waals surface area contributed by atoms with Crippen molar-refractivity contribution in [1.82, 2.24) is 15.5 Å². The maximum absolute atomic E-state index is 12.4. The summed E-state index contributed by atoms with van der Waals surface area (Å²) in [5.41, 5.74) is 7.87. The first-order valence-electron chi connectivity index (χ1n) is 7.55. The maximum Gasteiger partial charge on any atom is 0.272 e. The molecule has 1 aliphatic carbocycles. The van der Waals surface area contributed by atoms with E-state index < -0.39 is 0 Å². The molecule has 0 aliphatic heterocycles. The molecule has 21 heavy (non-hydrogen) atoms. The Balaban J connectivity index is 1.96. The third kappa shape index (κ3) is 3.19. The molecule has 2 aromatic rings.